The number of rotatable bonds is 32. The average Bonchev–Trinajstić information content (AvgIpc) is 1.56. The van der Waals surface area contributed by atoms with Gasteiger partial charge in [0.15, 0.2) is 0 Å². The average molecular weight is 1550 g/mol. The number of hydrogen-bond donors (Lipinski definition) is 5. The lowest BCUT2D eigenvalue weighted by Gasteiger charge is -2.44. The number of halogens is 1. The second kappa shape index (κ2) is 36.8. The predicted octanol–water partition coefficient (Wildman–Crippen LogP) is 12.9. The number of allylic oxidation sites excluding steroid dienone is 1. The molecular formula is C82H107ClN12O10S3. The summed E-state index contributed by atoms with van der Waals surface area (Å²) in [6.07, 6.45) is 9.89. The van der Waals surface area contributed by atoms with Crippen molar-refractivity contribution in [2.24, 2.45) is 10.8 Å². The normalized spacial score (nSPS) is 19.9. The molecule has 26 heteroatoms. The number of nitro benzene ring substituents is 1. The standard InChI is InChI=1S/C82H107ClN12O10S3/c1-56(58-22-24-60(25-23-58)76-57(2)84-55-107-76)85-79(100)73-48-67(96)52-94(73)80(101)77(81(3,4)5)87-74(97)20-13-8-9-14-21-75(98)93-46-42-91(43-47-93)54-82(6)38-36-70(59-26-30-63(83)31-27-59)62(50-82)51-90-40-44-92(45-41-90)66-32-28-61(29-33-66)78(99)88-108(104,105)69-34-35-71(72(49-69)95(102)103)86-64(37-39-89(7)65-16-15-17-65)53-106-68-18-11-10-12-19-68/h10-12,18-19,22-35,49,55-56,64-65,67,73,77,86,96H,8-9,13-17,20-21,36-48,50-54H2,1-7H3,(H,85,100)(H,87,97)(H,88,99)/t56-,64+,67+,73-,77+,82?/m0/s1. The number of anilines is 2. The first-order valence-electron chi connectivity index (χ1n) is 38.3. The molecular weight excluding hydrogens is 1440 g/mol. The molecule has 0 radical (unpaired) electrons. The van der Waals surface area contributed by atoms with E-state index in [9.17, 15) is 47.6 Å². The number of nitro groups is 1. The van der Waals surface area contributed by atoms with Crippen LogP contribution in [0.2, 0.25) is 5.02 Å². The first-order chi connectivity index (χ1) is 51.6. The van der Waals surface area contributed by atoms with E-state index in [1.807, 2.05) is 124 Å². The summed E-state index contributed by atoms with van der Waals surface area (Å²) >= 11 is 9.64. The largest absolute Gasteiger partial charge is 0.391 e. The van der Waals surface area contributed by atoms with E-state index in [-0.39, 0.29) is 70.8 Å². The minimum Gasteiger partial charge on any atom is -0.391 e. The molecule has 11 rings (SSSR count). The summed E-state index contributed by atoms with van der Waals surface area (Å²) in [5.74, 6) is -1.07. The van der Waals surface area contributed by atoms with E-state index in [1.54, 1.807) is 35.2 Å². The molecule has 0 bridgehead atoms. The number of β-amino-alcohol motifs (C(OH)–C–C–N with tert-alkyl or cyclic N) is 1. The second-order valence-electron chi connectivity index (χ2n) is 31.5. The lowest BCUT2D eigenvalue weighted by atomic mass is 9.71. The van der Waals surface area contributed by atoms with Crippen molar-refractivity contribution in [3.8, 4) is 10.4 Å². The molecule has 3 aliphatic heterocycles. The van der Waals surface area contributed by atoms with Gasteiger partial charge in [-0.15, -0.1) is 23.1 Å². The van der Waals surface area contributed by atoms with Gasteiger partial charge in [-0.2, -0.15) is 0 Å². The van der Waals surface area contributed by atoms with E-state index in [0.29, 0.717) is 49.2 Å². The van der Waals surface area contributed by atoms with Crippen LogP contribution in [0.4, 0.5) is 17.1 Å². The van der Waals surface area contributed by atoms with E-state index in [2.05, 4.69) is 71.4 Å². The van der Waals surface area contributed by atoms with Gasteiger partial charge in [-0.3, -0.25) is 43.9 Å². The fourth-order valence-corrected chi connectivity index (χ4v) is 18.5. The molecule has 6 aromatic rings. The molecule has 1 saturated carbocycles. The minimum atomic E-state index is -4.51. The van der Waals surface area contributed by atoms with Crippen molar-refractivity contribution in [3.05, 3.63) is 170 Å². The number of benzene rings is 5. The highest BCUT2D eigenvalue weighted by Gasteiger charge is 2.45. The van der Waals surface area contributed by atoms with Crippen LogP contribution in [0.15, 0.2) is 142 Å². The first kappa shape index (κ1) is 81.2. The third-order valence-electron chi connectivity index (χ3n) is 22.2. The number of thioether (sulfide) groups is 1. The number of unbranched alkanes of at least 4 members (excludes halogenated alkanes) is 3. The summed E-state index contributed by atoms with van der Waals surface area (Å²) in [4.78, 5) is 100.0. The van der Waals surface area contributed by atoms with Crippen molar-refractivity contribution in [1.29, 1.82) is 0 Å². The van der Waals surface area contributed by atoms with Crippen molar-refractivity contribution >= 4 is 96.9 Å². The number of hydrogen-bond acceptors (Lipinski definition) is 18. The number of aliphatic hydroxyl groups is 1. The van der Waals surface area contributed by atoms with Crippen LogP contribution >= 0.6 is 34.7 Å². The summed E-state index contributed by atoms with van der Waals surface area (Å²) in [5.41, 5.74) is 8.89. The second-order valence-corrected chi connectivity index (χ2v) is 35.6. The molecule has 580 valence electrons. The van der Waals surface area contributed by atoms with Gasteiger partial charge >= 0.3 is 0 Å². The summed E-state index contributed by atoms with van der Waals surface area (Å²) in [6, 6.07) is 34.9. The molecule has 5 amide bonds. The van der Waals surface area contributed by atoms with Crippen LogP contribution in [0.3, 0.4) is 0 Å². The van der Waals surface area contributed by atoms with Crippen molar-refractivity contribution in [1.82, 2.24) is 44.8 Å². The molecule has 4 fully saturated rings. The Morgan fingerprint density at radius 1 is 0.843 bits per heavy atom. The Balaban J connectivity index is 0.605. The van der Waals surface area contributed by atoms with Gasteiger partial charge in [0.1, 0.15) is 17.8 Å². The number of nitrogens with zero attached hydrogens (tertiary/aromatic N) is 8. The molecule has 22 nitrogen and oxygen atoms in total. The minimum absolute atomic E-state index is 0.00826. The number of sulfonamides is 1. The number of carbonyl (C=O) groups is 5. The van der Waals surface area contributed by atoms with E-state index in [1.165, 1.54) is 40.2 Å². The van der Waals surface area contributed by atoms with E-state index < -0.39 is 56.1 Å². The predicted molar refractivity (Wildman–Crippen MR) is 430 cm³/mol. The van der Waals surface area contributed by atoms with Crippen LogP contribution in [-0.2, 0) is 29.2 Å². The van der Waals surface area contributed by atoms with Gasteiger partial charge in [-0.05, 0) is 166 Å². The maximum absolute atomic E-state index is 14.3. The Morgan fingerprint density at radius 2 is 1.52 bits per heavy atom. The lowest BCUT2D eigenvalue weighted by molar-refractivity contribution is -0.384. The zero-order chi connectivity index (χ0) is 76.9. The highest BCUT2D eigenvalue weighted by Crippen LogP contribution is 2.45. The van der Waals surface area contributed by atoms with Crippen LogP contribution in [0.5, 0.6) is 0 Å². The lowest BCUT2D eigenvalue weighted by Crippen LogP contribution is -2.57. The molecule has 5 N–H and O–H groups in total. The molecule has 4 heterocycles. The number of thiazole rings is 1. The van der Waals surface area contributed by atoms with Gasteiger partial charge in [0, 0.05) is 143 Å². The molecule has 108 heavy (non-hydrogen) atoms. The molecule has 2 aliphatic carbocycles. The van der Waals surface area contributed by atoms with Crippen LogP contribution in [0.1, 0.15) is 158 Å². The van der Waals surface area contributed by atoms with Gasteiger partial charge in [0.05, 0.1) is 38.0 Å². The van der Waals surface area contributed by atoms with Crippen molar-refractivity contribution < 1.29 is 42.4 Å². The molecule has 0 spiro atoms. The maximum Gasteiger partial charge on any atom is 0.293 e. The monoisotopic (exact) mass is 1550 g/mol. The quantitative estimate of drug-likeness (QED) is 0.0114. The fourth-order valence-electron chi connectivity index (χ4n) is 15.6. The number of aliphatic hydroxyl groups excluding tert-OH is 1. The Bertz CT molecular complexity index is 4240. The zero-order valence-electron chi connectivity index (χ0n) is 63.5. The number of aryl methyl sites for hydroxylation is 1. The van der Waals surface area contributed by atoms with Gasteiger partial charge in [-0.25, -0.2) is 18.1 Å². The first-order valence-corrected chi connectivity index (χ1v) is 42.0. The Labute approximate surface area is 650 Å². The highest BCUT2D eigenvalue weighted by atomic mass is 35.5. The Morgan fingerprint density at radius 3 is 2.17 bits per heavy atom. The Hall–Kier alpha value is -7.75. The van der Waals surface area contributed by atoms with Crippen molar-refractivity contribution in [3.63, 3.8) is 0 Å². The summed E-state index contributed by atoms with van der Waals surface area (Å²) in [7, 11) is -2.39. The van der Waals surface area contributed by atoms with Crippen LogP contribution in [0.25, 0.3) is 16.0 Å². The summed E-state index contributed by atoms with van der Waals surface area (Å²) in [6.45, 7) is 20.5. The van der Waals surface area contributed by atoms with Gasteiger partial charge in [-0.1, -0.05) is 119 Å². The smallest absolute Gasteiger partial charge is 0.293 e. The fraction of sp³-hybridized carbons (Fsp3) is 0.512. The molecule has 3 saturated heterocycles. The van der Waals surface area contributed by atoms with Crippen molar-refractivity contribution in [2.75, 3.05) is 102 Å². The highest BCUT2D eigenvalue weighted by molar-refractivity contribution is 7.99. The van der Waals surface area contributed by atoms with E-state index in [0.717, 1.165) is 149 Å². The van der Waals surface area contributed by atoms with Crippen LogP contribution in [0, 0.1) is 27.9 Å². The zero-order valence-corrected chi connectivity index (χ0v) is 66.7. The number of carbonyl (C=O) groups excluding carboxylic acids is 5. The molecule has 6 atom stereocenters. The summed E-state index contributed by atoms with van der Waals surface area (Å²) < 4.78 is 29.7. The van der Waals surface area contributed by atoms with Gasteiger partial charge in [0.2, 0.25) is 23.6 Å². The number of piperazine rings is 2. The molecule has 1 unspecified atom stereocenters. The van der Waals surface area contributed by atoms with E-state index >= 15 is 0 Å². The molecule has 1 aromatic heterocycles. The molecule has 5 aromatic carbocycles. The van der Waals surface area contributed by atoms with E-state index in [4.69, 9.17) is 11.6 Å². The molecule has 5 aliphatic rings. The Kier molecular flexibility index (Phi) is 27.7. The van der Waals surface area contributed by atoms with Gasteiger partial charge < -0.3 is 40.7 Å². The number of amides is 5. The summed E-state index contributed by atoms with van der Waals surface area (Å²) in [5, 5.41) is 33.4. The maximum atomic E-state index is 14.3. The third kappa shape index (κ3) is 21.6. The van der Waals surface area contributed by atoms with Gasteiger partial charge in [0.25, 0.3) is 21.6 Å². The topological polar surface area (TPSA) is 263 Å². The SMILES string of the molecule is Cc1ncsc1-c1ccc([C@H](C)NC(=O)[C@@H]2C[C@@H](O)CN2C(=O)[C@@H](NC(=O)CCCCCCC(=O)N2CCN(CC3(C)CCC(c4ccc(Cl)cc4)=C(CN4CCN(c5ccc(C(=O)NS(=O)(=O)c6ccc(N[C@H](CCN(C)C7CCC7)CSc7ccccc7)c([N+](=O)[O-])c6)cc5)CC4)C3)CC2)C(C)(C)C)cc1. The number of aromatic nitrogens is 1. The van der Waals surface area contributed by atoms with Crippen LogP contribution in [-0.4, -0.2) is 199 Å². The number of likely N-dealkylation sites (tertiary alicyclic amines) is 1. The van der Waals surface area contributed by atoms with Crippen molar-refractivity contribution in [2.45, 2.75) is 178 Å². The van der Waals surface area contributed by atoms with Crippen LogP contribution < -0.4 is 25.6 Å². The number of nitrogens with one attached hydrogen (secondary N) is 4. The third-order valence-corrected chi connectivity index (χ3v) is 26.0.